The van der Waals surface area contributed by atoms with E-state index in [2.05, 4.69) is 6.58 Å². The van der Waals surface area contributed by atoms with Crippen LogP contribution in [0.3, 0.4) is 0 Å². The molecule has 0 unspecified atom stereocenters. The smallest absolute Gasteiger partial charge is 0.335 e. The summed E-state index contributed by atoms with van der Waals surface area (Å²) in [5.74, 6) is -1.32. The fraction of sp³-hybridized carbons (Fsp3) is 0. The van der Waals surface area contributed by atoms with Gasteiger partial charge in [0.2, 0.25) is 9.84 Å². The zero-order valence-corrected chi connectivity index (χ0v) is 19.9. The normalized spacial score (nSPS) is 11.3. The average molecular weight is 510 g/mol. The predicted octanol–water partition coefficient (Wildman–Crippen LogP) is 5.98. The first-order valence-corrected chi connectivity index (χ1v) is 13.0. The van der Waals surface area contributed by atoms with Gasteiger partial charge in [-0.25, -0.2) is 22.0 Å². The fourth-order valence-electron chi connectivity index (χ4n) is 3.34. The largest absolute Gasteiger partial charge is 0.423 e. The van der Waals surface area contributed by atoms with Gasteiger partial charge in [-0.05, 0) is 84.9 Å². The first-order chi connectivity index (χ1) is 16.8. The van der Waals surface area contributed by atoms with Crippen LogP contribution >= 0.6 is 0 Å². The summed E-state index contributed by atoms with van der Waals surface area (Å²) in [7, 11) is -4.97. The van der Waals surface area contributed by atoms with Gasteiger partial charge in [-0.2, -0.15) is 0 Å². The Morgan fingerprint density at radius 3 is 1.80 bits per heavy atom. The lowest BCUT2D eigenvalue weighted by Gasteiger charge is -2.13. The van der Waals surface area contributed by atoms with E-state index in [0.717, 1.165) is 6.08 Å². The molecule has 0 N–H and O–H groups in total. The first-order valence-electron chi connectivity index (χ1n) is 10.3. The van der Waals surface area contributed by atoms with E-state index in [9.17, 15) is 22.0 Å². The Kier molecular flexibility index (Phi) is 7.14. The van der Waals surface area contributed by atoms with Crippen LogP contribution in [-0.4, -0.2) is 14.4 Å². The molecule has 8 heteroatoms. The van der Waals surface area contributed by atoms with Gasteiger partial charge in [-0.15, -0.1) is 0 Å². The SMILES string of the molecule is C=CC(=O)Oc1ccc(S(=O)(=O)c2ccccc2[S+](c2ccc(F)cc2)c2ccc(F)cc2)cc1. The fourth-order valence-corrected chi connectivity index (χ4v) is 7.34. The quantitative estimate of drug-likeness (QED) is 0.133. The van der Waals surface area contributed by atoms with Crippen LogP contribution in [0.15, 0.2) is 134 Å². The molecule has 176 valence electrons. The summed E-state index contributed by atoms with van der Waals surface area (Å²) >= 11 is 0. The Balaban J connectivity index is 1.83. The minimum atomic E-state index is -4.00. The maximum absolute atomic E-state index is 13.7. The summed E-state index contributed by atoms with van der Waals surface area (Å²) in [5.41, 5.74) is 0. The van der Waals surface area contributed by atoms with E-state index in [4.69, 9.17) is 4.74 Å². The van der Waals surface area contributed by atoms with Crippen molar-refractivity contribution >= 4 is 26.7 Å². The second-order valence-corrected chi connectivity index (χ2v) is 11.2. The van der Waals surface area contributed by atoms with Gasteiger partial charge in [0.25, 0.3) is 0 Å². The molecule has 0 saturated heterocycles. The summed E-state index contributed by atoms with van der Waals surface area (Å²) < 4.78 is 59.7. The maximum atomic E-state index is 13.7. The standard InChI is InChI=1S/C27H19F2O4S2/c1-2-27(30)33-21-11-17-24(18-12-21)35(31,32)26-6-4-3-5-25(26)34(22-13-7-19(28)8-14-22)23-15-9-20(29)10-16-23/h2-18H,1H2/q+1. The monoisotopic (exact) mass is 509 g/mol. The van der Waals surface area contributed by atoms with Crippen molar-refractivity contribution < 1.29 is 26.7 Å². The van der Waals surface area contributed by atoms with Crippen molar-refractivity contribution in [2.24, 2.45) is 0 Å². The molecule has 4 nitrogen and oxygen atoms in total. The van der Waals surface area contributed by atoms with Crippen LogP contribution in [0.25, 0.3) is 0 Å². The number of rotatable bonds is 7. The summed E-state index contributed by atoms with van der Waals surface area (Å²) in [4.78, 5) is 13.3. The molecule has 0 amide bonds. The van der Waals surface area contributed by atoms with Gasteiger partial charge in [0.15, 0.2) is 14.7 Å². The minimum Gasteiger partial charge on any atom is -0.423 e. The van der Waals surface area contributed by atoms with E-state index < -0.39 is 38.3 Å². The number of benzene rings is 4. The van der Waals surface area contributed by atoms with Crippen molar-refractivity contribution in [1.29, 1.82) is 0 Å². The molecule has 0 fully saturated rings. The molecule has 0 saturated carbocycles. The number of ether oxygens (including phenoxy) is 1. The van der Waals surface area contributed by atoms with E-state index in [1.165, 1.54) is 54.6 Å². The lowest BCUT2D eigenvalue weighted by molar-refractivity contribution is -0.128. The number of hydrogen-bond acceptors (Lipinski definition) is 4. The molecule has 0 aliphatic rings. The second kappa shape index (κ2) is 10.2. The number of carbonyl (C=O) groups is 1. The summed E-state index contributed by atoms with van der Waals surface area (Å²) in [6, 6.07) is 23.6. The highest BCUT2D eigenvalue weighted by molar-refractivity contribution is 7.98. The molecule has 0 radical (unpaired) electrons. The lowest BCUT2D eigenvalue weighted by Crippen LogP contribution is -2.12. The summed E-state index contributed by atoms with van der Waals surface area (Å²) in [6.45, 7) is 3.33. The van der Waals surface area contributed by atoms with Crippen LogP contribution in [0.4, 0.5) is 8.78 Å². The van der Waals surface area contributed by atoms with Crippen molar-refractivity contribution in [2.45, 2.75) is 24.5 Å². The topological polar surface area (TPSA) is 60.4 Å². The molecular weight excluding hydrogens is 490 g/mol. The molecule has 4 rings (SSSR count). The average Bonchev–Trinajstić information content (AvgIpc) is 2.87. The number of hydrogen-bond donors (Lipinski definition) is 0. The number of carbonyl (C=O) groups excluding carboxylic acids is 1. The van der Waals surface area contributed by atoms with Gasteiger partial charge < -0.3 is 4.74 Å². The minimum absolute atomic E-state index is 0.00474. The zero-order chi connectivity index (χ0) is 25.0. The first kappa shape index (κ1) is 24.4. The predicted molar refractivity (Wildman–Crippen MR) is 129 cm³/mol. The number of halogens is 2. The molecule has 0 aliphatic carbocycles. The lowest BCUT2D eigenvalue weighted by atomic mass is 10.3. The van der Waals surface area contributed by atoms with Gasteiger partial charge in [0.05, 0.1) is 4.90 Å². The van der Waals surface area contributed by atoms with Crippen molar-refractivity contribution in [1.82, 2.24) is 0 Å². The molecule has 0 aromatic heterocycles. The summed E-state index contributed by atoms with van der Waals surface area (Å²) in [5, 5.41) is 0. The maximum Gasteiger partial charge on any atom is 0.335 e. The second-order valence-electron chi connectivity index (χ2n) is 7.26. The van der Waals surface area contributed by atoms with Crippen molar-refractivity contribution in [3.8, 4) is 5.75 Å². The van der Waals surface area contributed by atoms with E-state index in [-0.39, 0.29) is 15.5 Å². The molecule has 4 aromatic rings. The Morgan fingerprint density at radius 2 is 1.29 bits per heavy atom. The third-order valence-corrected chi connectivity index (χ3v) is 9.22. The van der Waals surface area contributed by atoms with Gasteiger partial charge >= 0.3 is 5.97 Å². The van der Waals surface area contributed by atoms with Gasteiger partial charge in [-0.1, -0.05) is 18.7 Å². The van der Waals surface area contributed by atoms with Gasteiger partial charge in [0, 0.05) is 6.08 Å². The molecule has 0 aliphatic heterocycles. The van der Waals surface area contributed by atoms with E-state index >= 15 is 0 Å². The number of sulfone groups is 1. The zero-order valence-electron chi connectivity index (χ0n) is 18.2. The molecular formula is C27H19F2O4S2+. The van der Waals surface area contributed by atoms with Crippen LogP contribution in [0, 0.1) is 11.6 Å². The van der Waals surface area contributed by atoms with Gasteiger partial charge in [0.1, 0.15) is 33.2 Å². The third kappa shape index (κ3) is 5.34. The summed E-state index contributed by atoms with van der Waals surface area (Å²) in [6.07, 6.45) is 1.01. The number of esters is 1. The van der Waals surface area contributed by atoms with Crippen molar-refractivity contribution in [3.05, 3.63) is 121 Å². The highest BCUT2D eigenvalue weighted by atomic mass is 32.2. The molecule has 4 aromatic carbocycles. The molecule has 35 heavy (non-hydrogen) atoms. The molecule has 0 bridgehead atoms. The van der Waals surface area contributed by atoms with E-state index in [1.807, 2.05) is 0 Å². The van der Waals surface area contributed by atoms with Crippen LogP contribution in [-0.2, 0) is 25.5 Å². The van der Waals surface area contributed by atoms with E-state index in [1.54, 1.807) is 42.5 Å². The Hall–Kier alpha value is -3.75. The highest BCUT2D eigenvalue weighted by Crippen LogP contribution is 2.37. The Bertz CT molecular complexity index is 1420. The van der Waals surface area contributed by atoms with Crippen LogP contribution in [0.5, 0.6) is 5.75 Å². The van der Waals surface area contributed by atoms with Crippen molar-refractivity contribution in [3.63, 3.8) is 0 Å². The Morgan fingerprint density at radius 1 is 0.771 bits per heavy atom. The van der Waals surface area contributed by atoms with Gasteiger partial charge in [-0.3, -0.25) is 0 Å². The van der Waals surface area contributed by atoms with Crippen LogP contribution in [0.2, 0.25) is 0 Å². The Labute approximate surface area is 204 Å². The van der Waals surface area contributed by atoms with Crippen molar-refractivity contribution in [2.75, 3.05) is 0 Å². The molecule has 0 heterocycles. The molecule has 0 atom stereocenters. The van der Waals surface area contributed by atoms with E-state index in [0.29, 0.717) is 14.7 Å². The van der Waals surface area contributed by atoms with Crippen LogP contribution in [0.1, 0.15) is 0 Å². The van der Waals surface area contributed by atoms with Crippen LogP contribution < -0.4 is 4.74 Å². The highest BCUT2D eigenvalue weighted by Gasteiger charge is 2.36. The molecule has 0 spiro atoms. The third-order valence-electron chi connectivity index (χ3n) is 4.98.